The van der Waals surface area contributed by atoms with Crippen molar-refractivity contribution in [3.05, 3.63) is 57.3 Å². The van der Waals surface area contributed by atoms with Crippen LogP contribution in [-0.2, 0) is 5.33 Å². The smallest absolute Gasteiger partial charge is 0.146 e. The largest absolute Gasteiger partial charge is 0.456 e. The molecule has 5 heteroatoms. The fourth-order valence-electron chi connectivity index (χ4n) is 1.38. The lowest BCUT2D eigenvalue weighted by Gasteiger charge is -2.09. The molecule has 0 unspecified atom stereocenters. The van der Waals surface area contributed by atoms with Crippen LogP contribution >= 0.6 is 43.5 Å². The Morgan fingerprint density at radius 3 is 2.56 bits per heavy atom. The third-order valence-corrected chi connectivity index (χ3v) is 3.86. The molecule has 94 valence electrons. The molecule has 0 aliphatic rings. The van der Waals surface area contributed by atoms with Gasteiger partial charge in [-0.05, 0) is 45.8 Å². The third kappa shape index (κ3) is 3.25. The lowest BCUT2D eigenvalue weighted by Crippen LogP contribution is -1.88. The molecular formula is C13H8Br2ClFO. The van der Waals surface area contributed by atoms with Crippen molar-refractivity contribution in [3.63, 3.8) is 0 Å². The summed E-state index contributed by atoms with van der Waals surface area (Å²) in [4.78, 5) is 0. The van der Waals surface area contributed by atoms with Gasteiger partial charge in [0.2, 0.25) is 0 Å². The zero-order valence-corrected chi connectivity index (χ0v) is 13.0. The Labute approximate surface area is 126 Å². The Balaban J connectivity index is 2.25. The maximum Gasteiger partial charge on any atom is 0.146 e. The summed E-state index contributed by atoms with van der Waals surface area (Å²) in [5.74, 6) is 0.535. The van der Waals surface area contributed by atoms with Crippen LogP contribution in [0.3, 0.4) is 0 Å². The first kappa shape index (κ1) is 13.8. The zero-order chi connectivity index (χ0) is 13.1. The van der Waals surface area contributed by atoms with Crippen LogP contribution in [0.5, 0.6) is 11.5 Å². The van der Waals surface area contributed by atoms with E-state index in [9.17, 15) is 4.39 Å². The fraction of sp³-hybridized carbons (Fsp3) is 0.0769. The second-order valence-corrected chi connectivity index (χ2v) is 5.40. The minimum absolute atomic E-state index is 0.374. The van der Waals surface area contributed by atoms with E-state index in [1.54, 1.807) is 24.3 Å². The molecule has 18 heavy (non-hydrogen) atoms. The van der Waals surface area contributed by atoms with Gasteiger partial charge in [0.15, 0.2) is 0 Å². The normalized spacial score (nSPS) is 10.4. The Morgan fingerprint density at radius 1 is 1.17 bits per heavy atom. The van der Waals surface area contributed by atoms with Crippen LogP contribution in [-0.4, -0.2) is 0 Å². The molecule has 0 saturated heterocycles. The van der Waals surface area contributed by atoms with Gasteiger partial charge in [0, 0.05) is 11.4 Å². The molecule has 0 heterocycles. The molecule has 2 aromatic rings. The summed E-state index contributed by atoms with van der Waals surface area (Å²) in [6, 6.07) is 10.0. The van der Waals surface area contributed by atoms with Gasteiger partial charge >= 0.3 is 0 Å². The Hall–Kier alpha value is -0.580. The topological polar surface area (TPSA) is 9.23 Å². The number of hydrogen-bond acceptors (Lipinski definition) is 1. The third-order valence-electron chi connectivity index (χ3n) is 2.27. The molecule has 0 amide bonds. The maximum atomic E-state index is 13.3. The van der Waals surface area contributed by atoms with Gasteiger partial charge < -0.3 is 4.74 Å². The van der Waals surface area contributed by atoms with Crippen LogP contribution in [0, 0.1) is 5.82 Å². The van der Waals surface area contributed by atoms with E-state index in [1.165, 1.54) is 6.07 Å². The number of alkyl halides is 1. The van der Waals surface area contributed by atoms with Crippen LogP contribution < -0.4 is 4.74 Å². The lowest BCUT2D eigenvalue weighted by atomic mass is 10.2. The van der Waals surface area contributed by atoms with Crippen molar-refractivity contribution in [2.24, 2.45) is 0 Å². The molecule has 0 atom stereocenters. The molecule has 0 aliphatic heterocycles. The maximum absolute atomic E-state index is 13.3. The molecule has 0 fully saturated rings. The monoisotopic (exact) mass is 392 g/mol. The first-order valence-corrected chi connectivity index (χ1v) is 7.36. The molecule has 2 rings (SSSR count). The molecule has 0 saturated carbocycles. The summed E-state index contributed by atoms with van der Waals surface area (Å²) < 4.78 is 19.3. The van der Waals surface area contributed by atoms with Gasteiger partial charge in [-0.25, -0.2) is 4.39 Å². The van der Waals surface area contributed by atoms with E-state index in [1.807, 2.05) is 6.07 Å². The van der Waals surface area contributed by atoms with E-state index in [0.29, 0.717) is 21.0 Å². The van der Waals surface area contributed by atoms with Gasteiger partial charge in [-0.3, -0.25) is 0 Å². The van der Waals surface area contributed by atoms with E-state index < -0.39 is 0 Å². The van der Waals surface area contributed by atoms with Gasteiger partial charge in [0.25, 0.3) is 0 Å². The van der Waals surface area contributed by atoms with Crippen LogP contribution in [0.1, 0.15) is 5.56 Å². The molecule has 2 aromatic carbocycles. The fourth-order valence-corrected chi connectivity index (χ4v) is 2.21. The second kappa shape index (κ2) is 6.04. The van der Waals surface area contributed by atoms with E-state index in [4.69, 9.17) is 16.3 Å². The Morgan fingerprint density at radius 2 is 1.94 bits per heavy atom. The second-order valence-electron chi connectivity index (χ2n) is 3.58. The number of rotatable bonds is 3. The van der Waals surface area contributed by atoms with E-state index in [-0.39, 0.29) is 5.82 Å². The standard InChI is InChI=1S/C13H8Br2ClFO/c14-7-8-1-4-13(11(16)5-8)18-9-2-3-10(15)12(17)6-9/h1-6H,7H2. The molecule has 0 bridgehead atoms. The zero-order valence-electron chi connectivity index (χ0n) is 9.09. The highest BCUT2D eigenvalue weighted by Gasteiger charge is 2.06. The molecule has 0 aromatic heterocycles. The van der Waals surface area contributed by atoms with Crippen LogP contribution in [0.4, 0.5) is 4.39 Å². The van der Waals surface area contributed by atoms with Crippen LogP contribution in [0.15, 0.2) is 40.9 Å². The first-order chi connectivity index (χ1) is 8.60. The summed E-state index contributed by atoms with van der Waals surface area (Å²) in [5, 5.41) is 1.22. The predicted molar refractivity (Wildman–Crippen MR) is 78.3 cm³/mol. The number of benzene rings is 2. The highest BCUT2D eigenvalue weighted by Crippen LogP contribution is 2.32. The molecule has 1 nitrogen and oxygen atoms in total. The highest BCUT2D eigenvalue weighted by molar-refractivity contribution is 9.10. The molecular weight excluding hydrogens is 386 g/mol. The lowest BCUT2D eigenvalue weighted by molar-refractivity contribution is 0.476. The number of ether oxygens (including phenoxy) is 1. The van der Waals surface area contributed by atoms with Crippen LogP contribution in [0.2, 0.25) is 5.02 Å². The Bertz CT molecular complexity index is 575. The first-order valence-electron chi connectivity index (χ1n) is 5.07. The van der Waals surface area contributed by atoms with Gasteiger partial charge in [0.1, 0.15) is 17.3 Å². The number of hydrogen-bond donors (Lipinski definition) is 0. The average Bonchev–Trinajstić information content (AvgIpc) is 2.36. The van der Waals surface area contributed by atoms with Crippen molar-refractivity contribution < 1.29 is 9.13 Å². The van der Waals surface area contributed by atoms with Gasteiger partial charge in [-0.2, -0.15) is 0 Å². The quantitative estimate of drug-likeness (QED) is 0.587. The molecule has 0 radical (unpaired) electrons. The molecule has 0 N–H and O–H groups in total. The Kier molecular flexibility index (Phi) is 4.65. The summed E-state index contributed by atoms with van der Waals surface area (Å²) in [7, 11) is 0. The summed E-state index contributed by atoms with van der Waals surface area (Å²) in [6.45, 7) is 0. The summed E-state index contributed by atoms with van der Waals surface area (Å²) in [6.07, 6.45) is 0. The summed E-state index contributed by atoms with van der Waals surface area (Å²) in [5.41, 5.74) is 1.05. The van der Waals surface area contributed by atoms with Gasteiger partial charge in [-0.1, -0.05) is 33.6 Å². The van der Waals surface area contributed by atoms with Crippen molar-refractivity contribution in [2.75, 3.05) is 0 Å². The SMILES string of the molecule is Fc1cc(Oc2ccc(CBr)cc2Cl)ccc1Br. The van der Waals surface area contributed by atoms with E-state index in [0.717, 1.165) is 10.9 Å². The number of halogens is 4. The minimum atomic E-state index is -0.374. The van der Waals surface area contributed by atoms with Crippen molar-refractivity contribution in [1.82, 2.24) is 0 Å². The van der Waals surface area contributed by atoms with Crippen molar-refractivity contribution in [2.45, 2.75) is 5.33 Å². The van der Waals surface area contributed by atoms with Crippen molar-refractivity contribution in [3.8, 4) is 11.5 Å². The van der Waals surface area contributed by atoms with E-state index >= 15 is 0 Å². The van der Waals surface area contributed by atoms with Crippen molar-refractivity contribution in [1.29, 1.82) is 0 Å². The predicted octanol–water partition coefficient (Wildman–Crippen LogP) is 5.93. The van der Waals surface area contributed by atoms with Gasteiger partial charge in [0.05, 0.1) is 9.50 Å². The highest BCUT2D eigenvalue weighted by atomic mass is 79.9. The van der Waals surface area contributed by atoms with E-state index in [2.05, 4.69) is 31.9 Å². The minimum Gasteiger partial charge on any atom is -0.456 e. The van der Waals surface area contributed by atoms with Crippen molar-refractivity contribution >= 4 is 43.5 Å². The van der Waals surface area contributed by atoms with Gasteiger partial charge in [-0.15, -0.1) is 0 Å². The average molecular weight is 394 g/mol. The molecule has 0 aliphatic carbocycles. The molecule has 0 spiro atoms. The van der Waals surface area contributed by atoms with Crippen LogP contribution in [0.25, 0.3) is 0 Å². The summed E-state index contributed by atoms with van der Waals surface area (Å²) >= 11 is 12.5.